The SMILES string of the molecule is C/C(=N/NC(=O)CNc1ccc(C)cc1C)c1ccc(N2CCCC2=O)cc1. The molecule has 3 rings (SSSR count). The van der Waals surface area contributed by atoms with Gasteiger partial charge in [0.05, 0.1) is 12.3 Å². The standard InChI is InChI=1S/C22H26N4O2/c1-15-6-11-20(16(2)13-15)23-14-21(27)25-24-17(3)18-7-9-19(10-8-18)26-12-4-5-22(26)28/h6-11,13,23H,4-5,12,14H2,1-3H3,(H,25,27)/b24-17-. The van der Waals surface area contributed by atoms with Gasteiger partial charge in [0.2, 0.25) is 5.91 Å². The molecule has 2 N–H and O–H groups in total. The summed E-state index contributed by atoms with van der Waals surface area (Å²) in [6.07, 6.45) is 1.52. The molecule has 1 heterocycles. The third kappa shape index (κ3) is 4.76. The van der Waals surface area contributed by atoms with Crippen LogP contribution in [0.25, 0.3) is 0 Å². The molecule has 2 aromatic rings. The van der Waals surface area contributed by atoms with Crippen LogP contribution >= 0.6 is 0 Å². The van der Waals surface area contributed by atoms with Gasteiger partial charge >= 0.3 is 0 Å². The van der Waals surface area contributed by atoms with Crippen LogP contribution in [-0.4, -0.2) is 30.6 Å². The molecule has 0 bridgehead atoms. The van der Waals surface area contributed by atoms with Gasteiger partial charge in [-0.05, 0) is 56.5 Å². The Bertz CT molecular complexity index is 903. The third-order valence-electron chi connectivity index (χ3n) is 4.84. The number of rotatable bonds is 6. The van der Waals surface area contributed by atoms with Gasteiger partial charge in [0.25, 0.3) is 5.91 Å². The van der Waals surface area contributed by atoms with Crippen molar-refractivity contribution in [3.05, 3.63) is 59.2 Å². The van der Waals surface area contributed by atoms with Crippen molar-refractivity contribution in [2.75, 3.05) is 23.3 Å². The van der Waals surface area contributed by atoms with E-state index in [0.717, 1.165) is 35.5 Å². The highest BCUT2D eigenvalue weighted by atomic mass is 16.2. The van der Waals surface area contributed by atoms with Gasteiger partial charge in [-0.2, -0.15) is 5.10 Å². The van der Waals surface area contributed by atoms with Gasteiger partial charge < -0.3 is 10.2 Å². The highest BCUT2D eigenvalue weighted by Gasteiger charge is 2.21. The van der Waals surface area contributed by atoms with Gasteiger partial charge in [-0.1, -0.05) is 29.8 Å². The second-order valence-electron chi connectivity index (χ2n) is 7.10. The first kappa shape index (κ1) is 19.6. The highest BCUT2D eigenvalue weighted by Crippen LogP contribution is 2.21. The minimum Gasteiger partial charge on any atom is -0.376 e. The van der Waals surface area contributed by atoms with Crippen LogP contribution in [-0.2, 0) is 9.59 Å². The van der Waals surface area contributed by atoms with Crippen molar-refractivity contribution < 1.29 is 9.59 Å². The number of aryl methyl sites for hydroxylation is 2. The van der Waals surface area contributed by atoms with E-state index >= 15 is 0 Å². The number of nitrogens with one attached hydrogen (secondary N) is 2. The Labute approximate surface area is 165 Å². The molecular weight excluding hydrogens is 352 g/mol. The Morgan fingerprint density at radius 1 is 1.14 bits per heavy atom. The van der Waals surface area contributed by atoms with E-state index in [-0.39, 0.29) is 18.4 Å². The molecular formula is C22H26N4O2. The maximum atomic E-state index is 12.1. The van der Waals surface area contributed by atoms with Crippen LogP contribution in [0.2, 0.25) is 0 Å². The Kier molecular flexibility index (Phi) is 6.09. The molecule has 1 aliphatic heterocycles. The highest BCUT2D eigenvalue weighted by molar-refractivity contribution is 6.00. The summed E-state index contributed by atoms with van der Waals surface area (Å²) >= 11 is 0. The van der Waals surface area contributed by atoms with Crippen molar-refractivity contribution in [2.45, 2.75) is 33.6 Å². The van der Waals surface area contributed by atoms with E-state index in [9.17, 15) is 9.59 Å². The van der Waals surface area contributed by atoms with Gasteiger partial charge in [0, 0.05) is 24.3 Å². The van der Waals surface area contributed by atoms with Crippen LogP contribution in [0.15, 0.2) is 47.6 Å². The molecule has 0 aromatic heterocycles. The van der Waals surface area contributed by atoms with Gasteiger partial charge in [-0.25, -0.2) is 5.43 Å². The smallest absolute Gasteiger partial charge is 0.259 e. The van der Waals surface area contributed by atoms with E-state index in [1.807, 2.05) is 57.2 Å². The van der Waals surface area contributed by atoms with Crippen LogP contribution in [0.4, 0.5) is 11.4 Å². The van der Waals surface area contributed by atoms with Gasteiger partial charge in [-0.3, -0.25) is 9.59 Å². The van der Waals surface area contributed by atoms with Crippen LogP contribution in [0.3, 0.4) is 0 Å². The van der Waals surface area contributed by atoms with Crippen molar-refractivity contribution in [1.29, 1.82) is 0 Å². The second kappa shape index (κ2) is 8.69. The van der Waals surface area contributed by atoms with Crippen molar-refractivity contribution in [2.24, 2.45) is 5.10 Å². The van der Waals surface area contributed by atoms with Crippen molar-refractivity contribution >= 4 is 28.9 Å². The number of amides is 2. The van der Waals surface area contributed by atoms with Crippen molar-refractivity contribution in [1.82, 2.24) is 5.43 Å². The molecule has 146 valence electrons. The van der Waals surface area contributed by atoms with E-state index in [4.69, 9.17) is 0 Å². The average molecular weight is 378 g/mol. The predicted octanol–water partition coefficient (Wildman–Crippen LogP) is 3.38. The summed E-state index contributed by atoms with van der Waals surface area (Å²) in [5.41, 5.74) is 8.32. The fraction of sp³-hybridized carbons (Fsp3) is 0.318. The molecule has 1 aliphatic rings. The van der Waals surface area contributed by atoms with Gasteiger partial charge in [0.15, 0.2) is 0 Å². The fourth-order valence-corrected chi connectivity index (χ4v) is 3.24. The zero-order valence-corrected chi connectivity index (χ0v) is 16.6. The molecule has 28 heavy (non-hydrogen) atoms. The van der Waals surface area contributed by atoms with E-state index < -0.39 is 0 Å². The van der Waals surface area contributed by atoms with Crippen molar-refractivity contribution in [3.8, 4) is 0 Å². The zero-order chi connectivity index (χ0) is 20.1. The third-order valence-corrected chi connectivity index (χ3v) is 4.84. The molecule has 6 nitrogen and oxygen atoms in total. The summed E-state index contributed by atoms with van der Waals surface area (Å²) in [4.78, 5) is 25.7. The summed E-state index contributed by atoms with van der Waals surface area (Å²) in [6, 6.07) is 13.7. The van der Waals surface area contributed by atoms with Crippen molar-refractivity contribution in [3.63, 3.8) is 0 Å². The minimum atomic E-state index is -0.210. The van der Waals surface area contributed by atoms with Gasteiger partial charge in [0.1, 0.15) is 0 Å². The molecule has 2 aromatic carbocycles. The first-order valence-corrected chi connectivity index (χ1v) is 9.49. The maximum Gasteiger partial charge on any atom is 0.259 e. The number of anilines is 2. The lowest BCUT2D eigenvalue weighted by Crippen LogP contribution is -2.27. The average Bonchev–Trinajstić information content (AvgIpc) is 3.11. The number of carbonyl (C=O) groups is 2. The zero-order valence-electron chi connectivity index (χ0n) is 16.6. The summed E-state index contributed by atoms with van der Waals surface area (Å²) < 4.78 is 0. The molecule has 0 unspecified atom stereocenters. The molecule has 0 aliphatic carbocycles. The number of hydrogen-bond donors (Lipinski definition) is 2. The number of hydrazone groups is 1. The summed E-state index contributed by atoms with van der Waals surface area (Å²) in [7, 11) is 0. The molecule has 1 saturated heterocycles. The molecule has 1 fully saturated rings. The largest absolute Gasteiger partial charge is 0.376 e. The van der Waals surface area contributed by atoms with E-state index in [2.05, 4.69) is 21.9 Å². The van der Waals surface area contributed by atoms with Crippen LogP contribution < -0.4 is 15.6 Å². The molecule has 2 amide bonds. The Balaban J connectivity index is 1.54. The second-order valence-corrected chi connectivity index (χ2v) is 7.10. The quantitative estimate of drug-likeness (QED) is 0.598. The number of nitrogens with zero attached hydrogens (tertiary/aromatic N) is 2. The lowest BCUT2D eigenvalue weighted by molar-refractivity contribution is -0.119. The Morgan fingerprint density at radius 3 is 2.54 bits per heavy atom. The minimum absolute atomic E-state index is 0.149. The Morgan fingerprint density at radius 2 is 1.89 bits per heavy atom. The topological polar surface area (TPSA) is 73.8 Å². The first-order valence-electron chi connectivity index (χ1n) is 9.49. The van der Waals surface area contributed by atoms with E-state index in [1.165, 1.54) is 5.56 Å². The molecule has 0 spiro atoms. The van der Waals surface area contributed by atoms with E-state index in [1.54, 1.807) is 4.90 Å². The predicted molar refractivity (Wildman–Crippen MR) is 113 cm³/mol. The molecule has 0 atom stereocenters. The lowest BCUT2D eigenvalue weighted by atomic mass is 10.1. The fourth-order valence-electron chi connectivity index (χ4n) is 3.24. The molecule has 0 saturated carbocycles. The van der Waals surface area contributed by atoms with Gasteiger partial charge in [-0.15, -0.1) is 0 Å². The summed E-state index contributed by atoms with van der Waals surface area (Å²) in [6.45, 7) is 6.81. The molecule has 6 heteroatoms. The summed E-state index contributed by atoms with van der Waals surface area (Å²) in [5.74, 6) is -0.0414. The number of hydrogen-bond acceptors (Lipinski definition) is 4. The Hall–Kier alpha value is -3.15. The molecule has 0 radical (unpaired) electrons. The normalized spacial score (nSPS) is 14.3. The summed E-state index contributed by atoms with van der Waals surface area (Å²) in [5, 5.41) is 7.31. The van der Waals surface area contributed by atoms with Crippen LogP contribution in [0.5, 0.6) is 0 Å². The monoisotopic (exact) mass is 378 g/mol. The number of carbonyl (C=O) groups excluding carboxylic acids is 2. The first-order chi connectivity index (χ1) is 13.4. The van der Waals surface area contributed by atoms with Crippen LogP contribution in [0, 0.1) is 13.8 Å². The van der Waals surface area contributed by atoms with Crippen LogP contribution in [0.1, 0.15) is 36.5 Å². The van der Waals surface area contributed by atoms with E-state index in [0.29, 0.717) is 12.1 Å². The maximum absolute atomic E-state index is 12.1. The lowest BCUT2D eigenvalue weighted by Gasteiger charge is -2.15. The number of benzene rings is 2.